The van der Waals surface area contributed by atoms with Crippen LogP contribution in [-0.4, -0.2) is 22.4 Å². The van der Waals surface area contributed by atoms with Crippen LogP contribution >= 0.6 is 11.3 Å². The number of hydrogen-bond acceptors (Lipinski definition) is 6. The van der Waals surface area contributed by atoms with Gasteiger partial charge in [-0.1, -0.05) is 0 Å². The van der Waals surface area contributed by atoms with Gasteiger partial charge in [0.05, 0.1) is 16.3 Å². The van der Waals surface area contributed by atoms with E-state index in [4.69, 9.17) is 5.84 Å². The minimum Gasteiger partial charge on any atom is -0.351 e. The van der Waals surface area contributed by atoms with E-state index in [-0.39, 0.29) is 5.91 Å². The number of aryl methyl sites for hydroxylation is 1. The highest BCUT2D eigenvalue weighted by Gasteiger charge is 2.10. The third-order valence-corrected chi connectivity index (χ3v) is 3.54. The van der Waals surface area contributed by atoms with Gasteiger partial charge in [-0.05, 0) is 13.0 Å². The SMILES string of the molecule is Cc1csc(CCNC(=O)c2cnccc2NN)n1. The monoisotopic (exact) mass is 277 g/mol. The molecular weight excluding hydrogens is 262 g/mol. The maximum absolute atomic E-state index is 12.0. The minimum atomic E-state index is -0.200. The lowest BCUT2D eigenvalue weighted by molar-refractivity contribution is 0.0954. The number of anilines is 1. The lowest BCUT2D eigenvalue weighted by Crippen LogP contribution is -2.27. The molecule has 0 unspecified atom stereocenters. The normalized spacial score (nSPS) is 10.2. The molecule has 0 bridgehead atoms. The zero-order valence-electron chi connectivity index (χ0n) is 10.5. The second-order valence-corrected chi connectivity index (χ2v) is 4.90. The summed E-state index contributed by atoms with van der Waals surface area (Å²) in [4.78, 5) is 20.2. The number of amides is 1. The first-order valence-electron chi connectivity index (χ1n) is 5.80. The number of aromatic nitrogens is 2. The maximum Gasteiger partial charge on any atom is 0.255 e. The fraction of sp³-hybridized carbons (Fsp3) is 0.250. The van der Waals surface area contributed by atoms with Crippen molar-refractivity contribution in [1.82, 2.24) is 15.3 Å². The molecule has 2 rings (SSSR count). The summed E-state index contributed by atoms with van der Waals surface area (Å²) in [6.07, 6.45) is 3.78. The van der Waals surface area contributed by atoms with Crippen molar-refractivity contribution in [3.05, 3.63) is 40.1 Å². The van der Waals surface area contributed by atoms with Crippen molar-refractivity contribution in [2.45, 2.75) is 13.3 Å². The maximum atomic E-state index is 12.0. The van der Waals surface area contributed by atoms with E-state index >= 15 is 0 Å². The third-order valence-electron chi connectivity index (χ3n) is 2.51. The van der Waals surface area contributed by atoms with Crippen molar-refractivity contribution >= 4 is 22.9 Å². The zero-order chi connectivity index (χ0) is 13.7. The Morgan fingerprint density at radius 3 is 3.05 bits per heavy atom. The number of nitrogens with one attached hydrogen (secondary N) is 2. The van der Waals surface area contributed by atoms with Crippen molar-refractivity contribution in [2.75, 3.05) is 12.0 Å². The van der Waals surface area contributed by atoms with Crippen molar-refractivity contribution < 1.29 is 4.79 Å². The molecule has 0 fully saturated rings. The fourth-order valence-electron chi connectivity index (χ4n) is 1.60. The Morgan fingerprint density at radius 1 is 1.53 bits per heavy atom. The highest BCUT2D eigenvalue weighted by molar-refractivity contribution is 7.09. The Morgan fingerprint density at radius 2 is 2.37 bits per heavy atom. The molecule has 0 saturated carbocycles. The van der Waals surface area contributed by atoms with E-state index in [1.807, 2.05) is 12.3 Å². The van der Waals surface area contributed by atoms with Gasteiger partial charge in [-0.15, -0.1) is 11.3 Å². The molecule has 19 heavy (non-hydrogen) atoms. The van der Waals surface area contributed by atoms with E-state index in [1.165, 1.54) is 6.20 Å². The Balaban J connectivity index is 1.90. The van der Waals surface area contributed by atoms with E-state index in [9.17, 15) is 4.79 Å². The number of nitrogens with zero attached hydrogens (tertiary/aromatic N) is 2. The van der Waals surface area contributed by atoms with Crippen LogP contribution in [0, 0.1) is 6.92 Å². The summed E-state index contributed by atoms with van der Waals surface area (Å²) in [5.74, 6) is 5.15. The first kappa shape index (κ1) is 13.4. The summed E-state index contributed by atoms with van der Waals surface area (Å²) in [6.45, 7) is 2.48. The van der Waals surface area contributed by atoms with Gasteiger partial charge in [0.2, 0.25) is 0 Å². The molecule has 100 valence electrons. The molecule has 0 aliphatic rings. The van der Waals surface area contributed by atoms with E-state index in [0.717, 1.165) is 17.1 Å². The molecule has 4 N–H and O–H groups in total. The van der Waals surface area contributed by atoms with Crippen LogP contribution in [0.1, 0.15) is 21.1 Å². The lowest BCUT2D eigenvalue weighted by Gasteiger charge is -2.08. The van der Waals surface area contributed by atoms with Gasteiger partial charge in [0, 0.05) is 36.4 Å². The van der Waals surface area contributed by atoms with Crippen LogP contribution in [0.25, 0.3) is 0 Å². The van der Waals surface area contributed by atoms with Crippen LogP contribution in [0.5, 0.6) is 0 Å². The van der Waals surface area contributed by atoms with Gasteiger partial charge in [0.25, 0.3) is 5.91 Å². The van der Waals surface area contributed by atoms with Gasteiger partial charge in [-0.3, -0.25) is 15.6 Å². The first-order chi connectivity index (χ1) is 9.20. The number of hydrazine groups is 1. The van der Waals surface area contributed by atoms with Crippen LogP contribution in [0.15, 0.2) is 23.8 Å². The Labute approximate surface area is 115 Å². The van der Waals surface area contributed by atoms with Crippen LogP contribution in [0.3, 0.4) is 0 Å². The van der Waals surface area contributed by atoms with E-state index in [1.54, 1.807) is 23.6 Å². The number of thiazole rings is 1. The summed E-state index contributed by atoms with van der Waals surface area (Å²) in [5, 5.41) is 5.83. The molecule has 0 radical (unpaired) electrons. The first-order valence-corrected chi connectivity index (χ1v) is 6.68. The van der Waals surface area contributed by atoms with Gasteiger partial charge in [0.15, 0.2) is 0 Å². The average molecular weight is 277 g/mol. The average Bonchev–Trinajstić information content (AvgIpc) is 2.84. The largest absolute Gasteiger partial charge is 0.351 e. The molecule has 0 aliphatic heterocycles. The van der Waals surface area contributed by atoms with Crippen LogP contribution in [0.2, 0.25) is 0 Å². The molecule has 2 aromatic rings. The number of carbonyl (C=O) groups excluding carboxylic acids is 1. The van der Waals surface area contributed by atoms with Crippen molar-refractivity contribution in [2.24, 2.45) is 5.84 Å². The molecule has 6 nitrogen and oxygen atoms in total. The predicted molar refractivity (Wildman–Crippen MR) is 74.9 cm³/mol. The highest BCUT2D eigenvalue weighted by atomic mass is 32.1. The lowest BCUT2D eigenvalue weighted by atomic mass is 10.2. The number of carbonyl (C=O) groups is 1. The van der Waals surface area contributed by atoms with Crippen molar-refractivity contribution in [1.29, 1.82) is 0 Å². The van der Waals surface area contributed by atoms with Crippen LogP contribution in [0.4, 0.5) is 5.69 Å². The molecular formula is C12H15N5OS. The summed E-state index contributed by atoms with van der Waals surface area (Å²) in [5.41, 5.74) is 4.47. The summed E-state index contributed by atoms with van der Waals surface area (Å²) >= 11 is 1.60. The molecule has 0 aromatic carbocycles. The van der Waals surface area contributed by atoms with Crippen molar-refractivity contribution in [3.63, 3.8) is 0 Å². The molecule has 2 heterocycles. The molecule has 1 amide bonds. The highest BCUT2D eigenvalue weighted by Crippen LogP contribution is 2.12. The zero-order valence-corrected chi connectivity index (χ0v) is 11.3. The van der Waals surface area contributed by atoms with Gasteiger partial charge in [-0.2, -0.15) is 0 Å². The van der Waals surface area contributed by atoms with E-state index in [2.05, 4.69) is 20.7 Å². The van der Waals surface area contributed by atoms with Crippen molar-refractivity contribution in [3.8, 4) is 0 Å². The smallest absolute Gasteiger partial charge is 0.255 e. The molecule has 0 saturated heterocycles. The molecule has 0 atom stereocenters. The van der Waals surface area contributed by atoms with Crippen LogP contribution < -0.4 is 16.6 Å². The second kappa shape index (κ2) is 6.26. The molecule has 7 heteroatoms. The van der Waals surface area contributed by atoms with Gasteiger partial charge >= 0.3 is 0 Å². The van der Waals surface area contributed by atoms with Crippen LogP contribution in [-0.2, 0) is 6.42 Å². The minimum absolute atomic E-state index is 0.200. The molecule has 0 aliphatic carbocycles. The molecule has 0 spiro atoms. The predicted octanol–water partition coefficient (Wildman–Crippen LogP) is 1.10. The Kier molecular flexibility index (Phi) is 4.43. The van der Waals surface area contributed by atoms with Gasteiger partial charge in [0.1, 0.15) is 0 Å². The van der Waals surface area contributed by atoms with Gasteiger partial charge < -0.3 is 10.7 Å². The standard InChI is InChI=1S/C12H15N5OS/c1-8-7-19-11(16-8)3-5-15-12(18)9-6-14-4-2-10(9)17-13/h2,4,6-7H,3,5,13H2,1H3,(H,14,17)(H,15,18). The Bertz CT molecular complexity index is 569. The topological polar surface area (TPSA) is 92.9 Å². The van der Waals surface area contributed by atoms with E-state index < -0.39 is 0 Å². The van der Waals surface area contributed by atoms with E-state index in [0.29, 0.717) is 17.8 Å². The second-order valence-electron chi connectivity index (χ2n) is 3.95. The Hall–Kier alpha value is -1.99. The number of pyridine rings is 1. The fourth-order valence-corrected chi connectivity index (χ4v) is 2.37. The summed E-state index contributed by atoms with van der Waals surface area (Å²) in [6, 6.07) is 1.65. The summed E-state index contributed by atoms with van der Waals surface area (Å²) in [7, 11) is 0. The quantitative estimate of drug-likeness (QED) is 0.562. The number of hydrogen-bond donors (Lipinski definition) is 3. The van der Waals surface area contributed by atoms with Gasteiger partial charge in [-0.25, -0.2) is 4.98 Å². The number of nitrogens with two attached hydrogens (primary N) is 1. The molecule has 2 aromatic heterocycles. The number of nitrogen functional groups attached to an aromatic ring is 1. The summed E-state index contributed by atoms with van der Waals surface area (Å²) < 4.78 is 0. The number of rotatable bonds is 5. The third kappa shape index (κ3) is 3.49.